The number of pyridine rings is 1. The van der Waals surface area contributed by atoms with Crippen LogP contribution in [0.4, 0.5) is 10.2 Å². The molecule has 8 nitrogen and oxygen atoms in total. The SMILES string of the molecule is O=C(c1cc(N2CCC(NS(=O)(=O)c3ccc(F)cc3)CC2)nc2ccccc12)N1CCOCC1. The summed E-state index contributed by atoms with van der Waals surface area (Å²) in [6.07, 6.45) is 1.17. The third-order valence-electron chi connectivity index (χ3n) is 6.50. The first-order chi connectivity index (χ1) is 16.9. The Bertz CT molecular complexity index is 1320. The average molecular weight is 499 g/mol. The van der Waals surface area contributed by atoms with Gasteiger partial charge in [-0.15, -0.1) is 0 Å². The first kappa shape index (κ1) is 23.7. The van der Waals surface area contributed by atoms with Gasteiger partial charge < -0.3 is 14.5 Å². The van der Waals surface area contributed by atoms with Crippen LogP contribution in [0.25, 0.3) is 10.9 Å². The zero-order valence-corrected chi connectivity index (χ0v) is 20.0. The minimum Gasteiger partial charge on any atom is -0.378 e. The van der Waals surface area contributed by atoms with Crippen LogP contribution in [0.3, 0.4) is 0 Å². The van der Waals surface area contributed by atoms with Gasteiger partial charge in [0.1, 0.15) is 11.6 Å². The highest BCUT2D eigenvalue weighted by Gasteiger charge is 2.27. The lowest BCUT2D eigenvalue weighted by atomic mass is 10.0. The fourth-order valence-corrected chi connectivity index (χ4v) is 5.87. The normalized spacial score (nSPS) is 17.6. The number of aromatic nitrogens is 1. The van der Waals surface area contributed by atoms with Crippen LogP contribution in [0.1, 0.15) is 23.2 Å². The molecular weight excluding hydrogens is 471 g/mol. The first-order valence-electron chi connectivity index (χ1n) is 11.7. The first-order valence-corrected chi connectivity index (χ1v) is 13.2. The third kappa shape index (κ3) is 5.14. The van der Waals surface area contributed by atoms with Crippen molar-refractivity contribution in [3.63, 3.8) is 0 Å². The lowest BCUT2D eigenvalue weighted by Crippen LogP contribution is -2.45. The number of nitrogens with zero attached hydrogens (tertiary/aromatic N) is 3. The van der Waals surface area contributed by atoms with E-state index in [-0.39, 0.29) is 16.8 Å². The van der Waals surface area contributed by atoms with Crippen molar-refractivity contribution >= 4 is 32.7 Å². The van der Waals surface area contributed by atoms with E-state index in [4.69, 9.17) is 9.72 Å². The lowest BCUT2D eigenvalue weighted by Gasteiger charge is -2.33. The Morgan fingerprint density at radius 3 is 2.40 bits per heavy atom. The van der Waals surface area contributed by atoms with Crippen LogP contribution >= 0.6 is 0 Å². The predicted molar refractivity (Wildman–Crippen MR) is 130 cm³/mol. The molecule has 0 spiro atoms. The van der Waals surface area contributed by atoms with E-state index >= 15 is 0 Å². The van der Waals surface area contributed by atoms with Crippen molar-refractivity contribution in [2.24, 2.45) is 0 Å². The molecule has 0 saturated carbocycles. The number of carbonyl (C=O) groups is 1. The molecule has 2 fully saturated rings. The number of hydrogen-bond donors (Lipinski definition) is 1. The van der Waals surface area contributed by atoms with E-state index in [9.17, 15) is 17.6 Å². The van der Waals surface area contributed by atoms with Gasteiger partial charge in [-0.2, -0.15) is 0 Å². The van der Waals surface area contributed by atoms with Crippen LogP contribution in [0, 0.1) is 5.82 Å². The van der Waals surface area contributed by atoms with Crippen molar-refractivity contribution in [3.05, 3.63) is 66.0 Å². The van der Waals surface area contributed by atoms with Gasteiger partial charge in [-0.3, -0.25) is 4.79 Å². The number of nitrogens with one attached hydrogen (secondary N) is 1. The molecule has 3 aromatic rings. The highest BCUT2D eigenvalue weighted by Crippen LogP contribution is 2.27. The van der Waals surface area contributed by atoms with Crippen LogP contribution in [0.5, 0.6) is 0 Å². The topological polar surface area (TPSA) is 91.8 Å². The average Bonchev–Trinajstić information content (AvgIpc) is 2.88. The summed E-state index contributed by atoms with van der Waals surface area (Å²) in [5.41, 5.74) is 1.37. The fraction of sp³-hybridized carbons (Fsp3) is 0.360. The summed E-state index contributed by atoms with van der Waals surface area (Å²) in [6.45, 7) is 3.36. The molecule has 0 unspecified atom stereocenters. The molecule has 35 heavy (non-hydrogen) atoms. The monoisotopic (exact) mass is 498 g/mol. The van der Waals surface area contributed by atoms with Crippen LogP contribution in [0.2, 0.25) is 0 Å². The number of para-hydroxylation sites is 1. The van der Waals surface area contributed by atoms with E-state index < -0.39 is 15.8 Å². The molecule has 1 aromatic heterocycles. The molecule has 3 heterocycles. The third-order valence-corrected chi connectivity index (χ3v) is 8.03. The molecule has 0 bridgehead atoms. The predicted octanol–water partition coefficient (Wildman–Crippen LogP) is 2.79. The molecule has 2 aromatic carbocycles. The van der Waals surface area contributed by atoms with Gasteiger partial charge in [0, 0.05) is 37.6 Å². The molecule has 1 N–H and O–H groups in total. The molecule has 2 aliphatic rings. The summed E-state index contributed by atoms with van der Waals surface area (Å²) in [4.78, 5) is 22.1. The van der Waals surface area contributed by atoms with Crippen molar-refractivity contribution in [1.29, 1.82) is 0 Å². The van der Waals surface area contributed by atoms with Gasteiger partial charge in [0.15, 0.2) is 0 Å². The second-order valence-corrected chi connectivity index (χ2v) is 10.5. The minimum absolute atomic E-state index is 0.0323. The minimum atomic E-state index is -3.73. The summed E-state index contributed by atoms with van der Waals surface area (Å²) in [6, 6.07) is 14.0. The Morgan fingerprint density at radius 1 is 1.00 bits per heavy atom. The van der Waals surface area contributed by atoms with E-state index in [1.807, 2.05) is 35.2 Å². The Hall–Kier alpha value is -3.08. The largest absolute Gasteiger partial charge is 0.378 e. The van der Waals surface area contributed by atoms with E-state index in [0.29, 0.717) is 63.6 Å². The fourth-order valence-electron chi connectivity index (χ4n) is 4.56. The van der Waals surface area contributed by atoms with Gasteiger partial charge in [-0.05, 0) is 49.2 Å². The number of rotatable bonds is 5. The molecule has 1 amide bonds. The van der Waals surface area contributed by atoms with Crippen LogP contribution in [-0.2, 0) is 14.8 Å². The number of anilines is 1. The van der Waals surface area contributed by atoms with Gasteiger partial charge in [0.25, 0.3) is 5.91 Å². The maximum atomic E-state index is 13.3. The number of morpholine rings is 1. The molecule has 2 aliphatic heterocycles. The summed E-state index contributed by atoms with van der Waals surface area (Å²) >= 11 is 0. The Labute approximate surface area is 203 Å². The van der Waals surface area contributed by atoms with Crippen molar-refractivity contribution < 1.29 is 22.3 Å². The summed E-state index contributed by atoms with van der Waals surface area (Å²) in [7, 11) is -3.73. The number of piperidine rings is 1. The zero-order valence-electron chi connectivity index (χ0n) is 19.2. The summed E-state index contributed by atoms with van der Waals surface area (Å²) in [5, 5.41) is 0.815. The lowest BCUT2D eigenvalue weighted by molar-refractivity contribution is 0.0304. The molecule has 0 atom stereocenters. The van der Waals surface area contributed by atoms with Crippen LogP contribution < -0.4 is 9.62 Å². The molecular formula is C25H27FN4O4S. The number of halogens is 1. The van der Waals surface area contributed by atoms with Crippen molar-refractivity contribution in [2.75, 3.05) is 44.3 Å². The molecule has 184 valence electrons. The number of fused-ring (bicyclic) bond motifs is 1. The number of benzene rings is 2. The standard InChI is InChI=1S/C25H27FN4O4S/c26-18-5-7-20(8-6-18)35(32,33)28-19-9-11-29(12-10-19)24-17-22(21-3-1-2-4-23(21)27-24)25(31)30-13-15-34-16-14-30/h1-8,17,19,28H,9-16H2. The highest BCUT2D eigenvalue weighted by atomic mass is 32.2. The Kier molecular flexibility index (Phi) is 6.68. The van der Waals surface area contributed by atoms with E-state index in [0.717, 1.165) is 23.0 Å². The second-order valence-electron chi connectivity index (χ2n) is 8.79. The van der Waals surface area contributed by atoms with E-state index in [1.165, 1.54) is 12.1 Å². The zero-order chi connectivity index (χ0) is 24.4. The summed E-state index contributed by atoms with van der Waals surface area (Å²) in [5.74, 6) is 0.196. The van der Waals surface area contributed by atoms with E-state index in [1.54, 1.807) is 0 Å². The number of amides is 1. The smallest absolute Gasteiger partial charge is 0.254 e. The molecule has 5 rings (SSSR count). The van der Waals surface area contributed by atoms with E-state index in [2.05, 4.69) is 9.62 Å². The van der Waals surface area contributed by atoms with Gasteiger partial charge in [-0.25, -0.2) is 22.5 Å². The maximum absolute atomic E-state index is 13.3. The van der Waals surface area contributed by atoms with Crippen molar-refractivity contribution in [3.8, 4) is 0 Å². The summed E-state index contributed by atoms with van der Waals surface area (Å²) < 4.78 is 46.6. The molecule has 0 aliphatic carbocycles. The number of sulfonamides is 1. The Balaban J connectivity index is 1.32. The number of carbonyl (C=O) groups excluding carboxylic acids is 1. The number of hydrogen-bond acceptors (Lipinski definition) is 6. The van der Waals surface area contributed by atoms with Gasteiger partial charge >= 0.3 is 0 Å². The van der Waals surface area contributed by atoms with Crippen LogP contribution in [0.15, 0.2) is 59.5 Å². The molecule has 0 radical (unpaired) electrons. The second kappa shape index (κ2) is 9.88. The molecule has 10 heteroatoms. The van der Waals surface area contributed by atoms with Gasteiger partial charge in [0.05, 0.1) is 29.2 Å². The molecule has 2 saturated heterocycles. The van der Waals surface area contributed by atoms with Crippen molar-refractivity contribution in [2.45, 2.75) is 23.8 Å². The highest BCUT2D eigenvalue weighted by molar-refractivity contribution is 7.89. The van der Waals surface area contributed by atoms with Crippen molar-refractivity contribution in [1.82, 2.24) is 14.6 Å². The number of ether oxygens (including phenoxy) is 1. The van der Waals surface area contributed by atoms with Gasteiger partial charge in [-0.1, -0.05) is 18.2 Å². The van der Waals surface area contributed by atoms with Crippen LogP contribution in [-0.4, -0.2) is 69.6 Å². The Morgan fingerprint density at radius 2 is 1.69 bits per heavy atom. The van der Waals surface area contributed by atoms with Gasteiger partial charge in [0.2, 0.25) is 10.0 Å². The maximum Gasteiger partial charge on any atom is 0.254 e. The quantitative estimate of drug-likeness (QED) is 0.582.